The van der Waals surface area contributed by atoms with Gasteiger partial charge in [0.1, 0.15) is 5.52 Å². The number of rotatable bonds is 4. The van der Waals surface area contributed by atoms with Crippen LogP contribution < -0.4 is 0 Å². The Bertz CT molecular complexity index is 1340. The molecule has 0 saturated heterocycles. The van der Waals surface area contributed by atoms with Crippen molar-refractivity contribution in [3.05, 3.63) is 78.7 Å². The first-order valence-electron chi connectivity index (χ1n) is 8.39. The molecule has 0 aliphatic rings. The minimum Gasteiger partial charge on any atom is -0.502 e. The van der Waals surface area contributed by atoms with Crippen LogP contribution in [0.1, 0.15) is 5.56 Å². The van der Waals surface area contributed by atoms with Gasteiger partial charge in [0.15, 0.2) is 5.58 Å². The summed E-state index contributed by atoms with van der Waals surface area (Å²) in [4.78, 5) is 19.1. The van der Waals surface area contributed by atoms with Gasteiger partial charge in [0.05, 0.1) is 26.2 Å². The summed E-state index contributed by atoms with van der Waals surface area (Å²) in [5.74, 6) is -0.147. The molecular formula is C20H10BrCl2N3O4. The number of nitrogens with zero attached hydrogens (tertiary/aromatic N) is 3. The van der Waals surface area contributed by atoms with Gasteiger partial charge >= 0.3 is 5.69 Å². The number of nitro groups is 1. The van der Waals surface area contributed by atoms with Crippen molar-refractivity contribution < 1.29 is 14.4 Å². The van der Waals surface area contributed by atoms with E-state index in [1.54, 1.807) is 36.4 Å². The largest absolute Gasteiger partial charge is 0.502 e. The van der Waals surface area contributed by atoms with E-state index in [4.69, 9.17) is 27.6 Å². The van der Waals surface area contributed by atoms with Gasteiger partial charge in [0.2, 0.25) is 11.6 Å². The maximum atomic E-state index is 11.1. The maximum absolute atomic E-state index is 11.1. The molecule has 0 radical (unpaired) electrons. The van der Waals surface area contributed by atoms with Crippen molar-refractivity contribution >= 4 is 67.8 Å². The van der Waals surface area contributed by atoms with E-state index >= 15 is 0 Å². The van der Waals surface area contributed by atoms with E-state index in [2.05, 4.69) is 25.9 Å². The second kappa shape index (κ2) is 8.06. The molecule has 10 heteroatoms. The summed E-state index contributed by atoms with van der Waals surface area (Å²) in [5.41, 5.74) is 1.93. The smallest absolute Gasteiger partial charge is 0.312 e. The third-order valence-electron chi connectivity index (χ3n) is 4.19. The van der Waals surface area contributed by atoms with Crippen molar-refractivity contribution in [2.24, 2.45) is 4.99 Å². The highest BCUT2D eigenvalue weighted by molar-refractivity contribution is 9.10. The van der Waals surface area contributed by atoms with Crippen LogP contribution in [-0.4, -0.2) is 21.2 Å². The number of aromatic hydroxyl groups is 1. The molecule has 0 aliphatic carbocycles. The first-order valence-corrected chi connectivity index (χ1v) is 9.94. The van der Waals surface area contributed by atoms with Gasteiger partial charge < -0.3 is 9.52 Å². The Labute approximate surface area is 187 Å². The fourth-order valence-corrected chi connectivity index (χ4v) is 3.61. The average Bonchev–Trinajstić information content (AvgIpc) is 3.13. The molecule has 1 aromatic heterocycles. The van der Waals surface area contributed by atoms with Crippen LogP contribution in [0.25, 0.3) is 22.6 Å². The molecule has 0 unspecified atom stereocenters. The number of fused-ring (bicyclic) bond motifs is 1. The van der Waals surface area contributed by atoms with Gasteiger partial charge in [-0.15, -0.1) is 0 Å². The second-order valence-electron chi connectivity index (χ2n) is 6.15. The predicted molar refractivity (Wildman–Crippen MR) is 119 cm³/mol. The standard InChI is InChI=1S/C20H10BrCl2N3O4/c21-11-6-10(19(27)16(7-11)26(28)29)9-24-12-4-5-17-15(8-12)25-20(30-17)13-2-1-3-14(22)18(13)23/h1-9,27H. The van der Waals surface area contributed by atoms with Crippen LogP contribution >= 0.6 is 39.1 Å². The van der Waals surface area contributed by atoms with Crippen molar-refractivity contribution in [2.75, 3.05) is 0 Å². The molecule has 0 atom stereocenters. The van der Waals surface area contributed by atoms with Gasteiger partial charge in [-0.1, -0.05) is 45.2 Å². The number of halogens is 3. The second-order valence-corrected chi connectivity index (χ2v) is 7.85. The number of nitro benzene ring substituents is 1. The van der Waals surface area contributed by atoms with Crippen LogP contribution in [0, 0.1) is 10.1 Å². The van der Waals surface area contributed by atoms with E-state index in [1.165, 1.54) is 18.3 Å². The molecular weight excluding hydrogens is 497 g/mol. The van der Waals surface area contributed by atoms with Crippen molar-refractivity contribution in [3.8, 4) is 17.2 Å². The maximum Gasteiger partial charge on any atom is 0.312 e. The summed E-state index contributed by atoms with van der Waals surface area (Å²) in [6.07, 6.45) is 1.34. The average molecular weight is 507 g/mol. The van der Waals surface area contributed by atoms with E-state index in [1.807, 2.05) is 0 Å². The first-order chi connectivity index (χ1) is 14.3. The van der Waals surface area contributed by atoms with Crippen molar-refractivity contribution in [3.63, 3.8) is 0 Å². The number of aromatic nitrogens is 1. The third-order valence-corrected chi connectivity index (χ3v) is 5.46. The molecule has 1 heterocycles. The number of hydrogen-bond acceptors (Lipinski definition) is 6. The van der Waals surface area contributed by atoms with Gasteiger partial charge in [-0.3, -0.25) is 15.1 Å². The Morgan fingerprint density at radius 3 is 2.77 bits per heavy atom. The number of hydrogen-bond donors (Lipinski definition) is 1. The summed E-state index contributed by atoms with van der Waals surface area (Å²) in [6.45, 7) is 0. The van der Waals surface area contributed by atoms with Crippen molar-refractivity contribution in [1.29, 1.82) is 0 Å². The van der Waals surface area contributed by atoms with Crippen LogP contribution in [-0.2, 0) is 0 Å². The van der Waals surface area contributed by atoms with Crippen molar-refractivity contribution in [2.45, 2.75) is 0 Å². The lowest BCUT2D eigenvalue weighted by Crippen LogP contribution is -1.92. The van der Waals surface area contributed by atoms with Gasteiger partial charge in [-0.2, -0.15) is 0 Å². The van der Waals surface area contributed by atoms with E-state index in [0.717, 1.165) is 0 Å². The minimum absolute atomic E-state index is 0.197. The Morgan fingerprint density at radius 1 is 1.20 bits per heavy atom. The fourth-order valence-electron chi connectivity index (χ4n) is 2.77. The van der Waals surface area contributed by atoms with Gasteiger partial charge in [0, 0.05) is 22.3 Å². The minimum atomic E-state index is -0.665. The molecule has 1 N–H and O–H groups in total. The Balaban J connectivity index is 1.70. The molecule has 7 nitrogen and oxygen atoms in total. The topological polar surface area (TPSA) is 102 Å². The molecule has 4 rings (SSSR count). The molecule has 30 heavy (non-hydrogen) atoms. The summed E-state index contributed by atoms with van der Waals surface area (Å²) in [5, 5.41) is 21.9. The molecule has 0 fully saturated rings. The quantitative estimate of drug-likeness (QED) is 0.183. The Morgan fingerprint density at radius 2 is 2.00 bits per heavy atom. The number of benzene rings is 3. The van der Waals surface area contributed by atoms with E-state index in [0.29, 0.717) is 42.8 Å². The molecule has 4 aromatic rings. The first kappa shape index (κ1) is 20.3. The zero-order valence-electron chi connectivity index (χ0n) is 14.8. The molecule has 150 valence electrons. The lowest BCUT2D eigenvalue weighted by molar-refractivity contribution is -0.385. The fraction of sp³-hybridized carbons (Fsp3) is 0. The van der Waals surface area contributed by atoms with Crippen LogP contribution in [0.4, 0.5) is 11.4 Å². The lowest BCUT2D eigenvalue weighted by Gasteiger charge is -2.01. The Kier molecular flexibility index (Phi) is 5.46. The third kappa shape index (κ3) is 3.89. The molecule has 0 amide bonds. The highest BCUT2D eigenvalue weighted by atomic mass is 79.9. The Hall–Kier alpha value is -2.94. The van der Waals surface area contributed by atoms with Crippen molar-refractivity contribution in [1.82, 2.24) is 4.98 Å². The summed E-state index contributed by atoms with van der Waals surface area (Å²) < 4.78 is 6.21. The number of phenolic OH excluding ortho intramolecular Hbond substituents is 1. The summed E-state index contributed by atoms with van der Waals surface area (Å²) in [7, 11) is 0. The molecule has 0 saturated carbocycles. The van der Waals surface area contributed by atoms with E-state index < -0.39 is 16.4 Å². The normalized spacial score (nSPS) is 11.4. The molecule has 0 aliphatic heterocycles. The van der Waals surface area contributed by atoms with Crippen LogP contribution in [0.2, 0.25) is 10.0 Å². The van der Waals surface area contributed by atoms with Gasteiger partial charge in [-0.25, -0.2) is 4.98 Å². The van der Waals surface area contributed by atoms with Crippen LogP contribution in [0.15, 0.2) is 62.4 Å². The highest BCUT2D eigenvalue weighted by Crippen LogP contribution is 2.36. The van der Waals surface area contributed by atoms with E-state index in [-0.39, 0.29) is 5.56 Å². The van der Waals surface area contributed by atoms with E-state index in [9.17, 15) is 15.2 Å². The number of phenols is 1. The van der Waals surface area contributed by atoms with Crippen LogP contribution in [0.3, 0.4) is 0 Å². The molecule has 0 spiro atoms. The number of aliphatic imine (C=N–C) groups is 1. The highest BCUT2D eigenvalue weighted by Gasteiger charge is 2.18. The molecule has 0 bridgehead atoms. The van der Waals surface area contributed by atoms with Crippen LogP contribution in [0.5, 0.6) is 5.75 Å². The summed E-state index contributed by atoms with van der Waals surface area (Å²) >= 11 is 15.5. The van der Waals surface area contributed by atoms with Gasteiger partial charge in [0.25, 0.3) is 0 Å². The zero-order valence-corrected chi connectivity index (χ0v) is 17.9. The van der Waals surface area contributed by atoms with Gasteiger partial charge in [-0.05, 0) is 36.4 Å². The zero-order chi connectivity index (χ0) is 21.4. The SMILES string of the molecule is O=[N+]([O-])c1cc(Br)cc(C=Nc2ccc3oc(-c4cccc(Cl)c4Cl)nc3c2)c1O. The number of oxazole rings is 1. The predicted octanol–water partition coefficient (Wildman–Crippen LogP) is 6.93. The lowest BCUT2D eigenvalue weighted by atomic mass is 10.2. The molecule has 3 aromatic carbocycles. The monoisotopic (exact) mass is 505 g/mol. The summed E-state index contributed by atoms with van der Waals surface area (Å²) in [6, 6.07) is 13.0.